The van der Waals surface area contributed by atoms with Crippen molar-refractivity contribution in [2.45, 2.75) is 18.4 Å². The molecule has 0 amide bonds. The molecule has 0 atom stereocenters. The molecule has 0 fully saturated rings. The fourth-order valence-electron chi connectivity index (χ4n) is 0.714. The molecule has 0 rings (SSSR count). The first-order chi connectivity index (χ1) is 5.78. The number of aliphatic hydroxyl groups is 1. The average molecular weight is 397 g/mol. The van der Waals surface area contributed by atoms with Crippen molar-refractivity contribution in [3.63, 3.8) is 0 Å². The third kappa shape index (κ3) is 9.81. The van der Waals surface area contributed by atoms with E-state index in [1.165, 1.54) is 0 Å². The summed E-state index contributed by atoms with van der Waals surface area (Å²) < 4.78 is 0. The molecule has 8 nitrogen and oxygen atoms in total. The van der Waals surface area contributed by atoms with E-state index in [9.17, 15) is 14.4 Å². The molecule has 16 heavy (non-hydrogen) atoms. The second-order valence-corrected chi connectivity index (χ2v) is 2.48. The van der Waals surface area contributed by atoms with Crippen LogP contribution in [0.4, 0.5) is 0 Å². The van der Waals surface area contributed by atoms with Gasteiger partial charge in [0, 0.05) is 21.7 Å². The number of rotatable bonds is 5. The van der Waals surface area contributed by atoms with Gasteiger partial charge in [0.05, 0.1) is 12.8 Å². The van der Waals surface area contributed by atoms with Crippen LogP contribution >= 0.6 is 0 Å². The van der Waals surface area contributed by atoms with Gasteiger partial charge in [-0.3, -0.25) is 9.59 Å². The minimum absolute atomic E-state index is 0. The number of carboxylic acids is 3. The van der Waals surface area contributed by atoms with E-state index in [0.717, 1.165) is 0 Å². The van der Waals surface area contributed by atoms with Crippen molar-refractivity contribution in [2.24, 2.45) is 0 Å². The summed E-state index contributed by atoms with van der Waals surface area (Å²) in [4.78, 5) is 30.5. The summed E-state index contributed by atoms with van der Waals surface area (Å²) in [5.74, 6) is -5.02. The third-order valence-corrected chi connectivity index (χ3v) is 1.29. The Morgan fingerprint density at radius 1 is 0.938 bits per heavy atom. The second-order valence-electron chi connectivity index (χ2n) is 2.48. The Balaban J connectivity index is -0.000000240. The standard InChI is InChI=1S/C6H8O7.Ba.H2O.Ti.2H/c7-3(8)1-6(13,5(11)12)2-4(9)10;;;;;/h13H,1-2H2,(H,7,8)(H,9,10)(H,11,12);;1H2;;;. The van der Waals surface area contributed by atoms with E-state index in [4.69, 9.17) is 20.4 Å². The van der Waals surface area contributed by atoms with Gasteiger partial charge in [-0.05, 0) is 0 Å². The molecule has 90 valence electrons. The van der Waals surface area contributed by atoms with Crippen LogP contribution in [-0.2, 0) is 36.1 Å². The Hall–Kier alpha value is 0.616. The van der Waals surface area contributed by atoms with Crippen LogP contribution in [0, 0.1) is 0 Å². The Labute approximate surface area is 145 Å². The van der Waals surface area contributed by atoms with Crippen LogP contribution in [0.15, 0.2) is 0 Å². The molecule has 0 aliphatic carbocycles. The fourth-order valence-corrected chi connectivity index (χ4v) is 0.714. The number of hydrogen-bond acceptors (Lipinski definition) is 4. The Morgan fingerprint density at radius 3 is 1.31 bits per heavy atom. The quantitative estimate of drug-likeness (QED) is 0.359. The summed E-state index contributed by atoms with van der Waals surface area (Å²) in [6.45, 7) is 0. The molecule has 0 aliphatic rings. The molecule has 0 aromatic heterocycles. The number of hydrogen-bond donors (Lipinski definition) is 4. The smallest absolute Gasteiger partial charge is 0 e. The van der Waals surface area contributed by atoms with Crippen LogP contribution in [0.1, 0.15) is 12.8 Å². The topological polar surface area (TPSA) is 164 Å². The van der Waals surface area contributed by atoms with Crippen LogP contribution < -0.4 is 0 Å². The largest absolute Gasteiger partial charge is 0 e. The van der Waals surface area contributed by atoms with Crippen molar-refractivity contribution < 1.29 is 62.0 Å². The van der Waals surface area contributed by atoms with E-state index in [1.807, 2.05) is 0 Å². The van der Waals surface area contributed by atoms with E-state index in [2.05, 4.69) is 0 Å². The second kappa shape index (κ2) is 10.7. The SMILES string of the molecule is O.O=C(O)CC(O)(CC(=O)O)C(=O)O.[BaH2].[Ti]. The maximum absolute atomic E-state index is 10.3. The van der Waals surface area contributed by atoms with Gasteiger partial charge in [0.25, 0.3) is 0 Å². The van der Waals surface area contributed by atoms with Gasteiger partial charge in [0.2, 0.25) is 0 Å². The van der Waals surface area contributed by atoms with Crippen LogP contribution in [0.2, 0.25) is 0 Å². The van der Waals surface area contributed by atoms with Crippen molar-refractivity contribution >= 4 is 66.8 Å². The monoisotopic (exact) mass is 398 g/mol. The minimum Gasteiger partial charge on any atom is 0 e. The molecule has 6 N–H and O–H groups in total. The van der Waals surface area contributed by atoms with E-state index in [0.29, 0.717) is 0 Å². The zero-order valence-corrected chi connectivity index (χ0v) is 8.99. The zero-order valence-electron chi connectivity index (χ0n) is 7.43. The maximum Gasteiger partial charge on any atom is 0 e. The van der Waals surface area contributed by atoms with Crippen molar-refractivity contribution in [1.82, 2.24) is 0 Å². The molecular formula is C6H12BaO8Ti. The van der Waals surface area contributed by atoms with Gasteiger partial charge in [-0.25, -0.2) is 4.79 Å². The maximum atomic E-state index is 10.3. The normalized spacial score (nSPS) is 8.81. The summed E-state index contributed by atoms with van der Waals surface area (Å²) in [5.41, 5.74) is -2.74. The molecule has 0 aliphatic heterocycles. The Bertz CT molecular complexity index is 239. The summed E-state index contributed by atoms with van der Waals surface area (Å²) >= 11 is 0. The van der Waals surface area contributed by atoms with Gasteiger partial charge in [-0.2, -0.15) is 0 Å². The average Bonchev–Trinajstić information content (AvgIpc) is 1.82. The van der Waals surface area contributed by atoms with Gasteiger partial charge < -0.3 is 25.9 Å². The van der Waals surface area contributed by atoms with E-state index in [-0.39, 0.29) is 76.1 Å². The Kier molecular flexibility index (Phi) is 17.1. The summed E-state index contributed by atoms with van der Waals surface area (Å²) in [5, 5.41) is 33.8. The van der Waals surface area contributed by atoms with Crippen LogP contribution in [-0.4, -0.2) is 98.3 Å². The van der Waals surface area contributed by atoms with Crippen LogP contribution in [0.5, 0.6) is 0 Å². The number of aliphatic carboxylic acids is 3. The van der Waals surface area contributed by atoms with E-state index >= 15 is 0 Å². The molecular weight excluding hydrogens is 385 g/mol. The molecule has 0 aromatic rings. The van der Waals surface area contributed by atoms with Gasteiger partial charge in [0.15, 0.2) is 5.60 Å². The van der Waals surface area contributed by atoms with Gasteiger partial charge in [-0.1, -0.05) is 0 Å². The minimum atomic E-state index is -2.74. The van der Waals surface area contributed by atoms with Crippen molar-refractivity contribution in [1.29, 1.82) is 0 Å². The predicted molar refractivity (Wildman–Crippen MR) is 49.2 cm³/mol. The summed E-state index contributed by atoms with van der Waals surface area (Å²) in [7, 11) is 0. The molecule has 0 saturated heterocycles. The van der Waals surface area contributed by atoms with Crippen molar-refractivity contribution in [3.8, 4) is 0 Å². The van der Waals surface area contributed by atoms with E-state index in [1.54, 1.807) is 0 Å². The first-order valence-electron chi connectivity index (χ1n) is 3.17. The molecule has 0 heterocycles. The summed E-state index contributed by atoms with van der Waals surface area (Å²) in [6, 6.07) is 0. The summed E-state index contributed by atoms with van der Waals surface area (Å²) in [6.07, 6.45) is -2.29. The molecule has 0 aromatic carbocycles. The van der Waals surface area contributed by atoms with Crippen LogP contribution in [0.3, 0.4) is 0 Å². The molecule has 0 saturated carbocycles. The van der Waals surface area contributed by atoms with Gasteiger partial charge in [-0.15, -0.1) is 0 Å². The zero-order chi connectivity index (χ0) is 10.6. The molecule has 10 heteroatoms. The number of carboxylic acid groups (broad SMARTS) is 3. The van der Waals surface area contributed by atoms with Gasteiger partial charge >= 0.3 is 66.8 Å². The van der Waals surface area contributed by atoms with Crippen molar-refractivity contribution in [2.75, 3.05) is 0 Å². The van der Waals surface area contributed by atoms with E-state index < -0.39 is 36.4 Å². The number of carbonyl (C=O) groups is 3. The molecule has 0 unspecified atom stereocenters. The molecule has 0 spiro atoms. The van der Waals surface area contributed by atoms with Crippen LogP contribution in [0.25, 0.3) is 0 Å². The Morgan fingerprint density at radius 2 is 1.19 bits per heavy atom. The molecule has 0 bridgehead atoms. The molecule has 0 radical (unpaired) electrons. The first kappa shape index (κ1) is 25.5. The fraction of sp³-hybridized carbons (Fsp3) is 0.500. The van der Waals surface area contributed by atoms with Gasteiger partial charge in [0.1, 0.15) is 0 Å². The predicted octanol–water partition coefficient (Wildman–Crippen LogP) is -2.99. The third-order valence-electron chi connectivity index (χ3n) is 1.29. The van der Waals surface area contributed by atoms with Crippen molar-refractivity contribution in [3.05, 3.63) is 0 Å². The first-order valence-corrected chi connectivity index (χ1v) is 3.17.